The average molecular weight is 406 g/mol. The lowest BCUT2D eigenvalue weighted by molar-refractivity contribution is 0.175. The molecule has 2 aromatic rings. The summed E-state index contributed by atoms with van der Waals surface area (Å²) in [5, 5.41) is 12.1. The molecule has 0 aliphatic heterocycles. The van der Waals surface area contributed by atoms with Crippen LogP contribution in [0, 0.1) is 11.2 Å². The quantitative estimate of drug-likeness (QED) is 0.561. The Balaban J connectivity index is 1.93. The van der Waals surface area contributed by atoms with Crippen LogP contribution in [0.25, 0.3) is 11.1 Å². The van der Waals surface area contributed by atoms with Gasteiger partial charge in [0.1, 0.15) is 11.6 Å². The summed E-state index contributed by atoms with van der Waals surface area (Å²) in [7, 11) is 0. The van der Waals surface area contributed by atoms with Crippen molar-refractivity contribution in [3.05, 3.63) is 52.3 Å². The molecule has 28 heavy (non-hydrogen) atoms. The Morgan fingerprint density at radius 2 is 2.11 bits per heavy atom. The molecular weight excluding hydrogens is 381 g/mol. The molecule has 0 radical (unpaired) electrons. The molecule has 0 bridgehead atoms. The normalized spacial score (nSPS) is 17.2. The fourth-order valence-electron chi connectivity index (χ4n) is 3.80. The smallest absolute Gasteiger partial charge is 0.405 e. The van der Waals surface area contributed by atoms with Crippen LogP contribution >= 0.6 is 11.6 Å². The zero-order valence-electron chi connectivity index (χ0n) is 16.3. The molecule has 1 amide bonds. The lowest BCUT2D eigenvalue weighted by atomic mass is 9.85. The standard InChI is InChI=1S/C22H25ClFNO3/c1-4-5-8-28-19-7-6-13(10-17(19)23)15-9-14-12-22(2,3)20(25-21(26)27)16(14)11-18(15)24/h6-7,9-11,20,25H,4-5,8,12H2,1-3H3,(H,26,27)/t20-/m0/s1. The van der Waals surface area contributed by atoms with Crippen molar-refractivity contribution in [2.75, 3.05) is 6.61 Å². The van der Waals surface area contributed by atoms with Gasteiger partial charge in [-0.15, -0.1) is 0 Å². The van der Waals surface area contributed by atoms with Crippen LogP contribution < -0.4 is 10.1 Å². The number of carboxylic acid groups (broad SMARTS) is 1. The number of amides is 1. The summed E-state index contributed by atoms with van der Waals surface area (Å²) < 4.78 is 20.6. The van der Waals surface area contributed by atoms with Crippen LogP contribution in [0.2, 0.25) is 5.02 Å². The minimum absolute atomic E-state index is 0.333. The van der Waals surface area contributed by atoms with E-state index in [-0.39, 0.29) is 5.41 Å². The molecule has 0 aromatic heterocycles. The highest BCUT2D eigenvalue weighted by molar-refractivity contribution is 6.32. The van der Waals surface area contributed by atoms with Crippen LogP contribution in [-0.2, 0) is 6.42 Å². The highest BCUT2D eigenvalue weighted by Crippen LogP contribution is 2.47. The summed E-state index contributed by atoms with van der Waals surface area (Å²) in [5.74, 6) is 0.191. The third kappa shape index (κ3) is 4.09. The number of unbranched alkanes of at least 4 members (excludes halogenated alkanes) is 1. The van der Waals surface area contributed by atoms with E-state index in [9.17, 15) is 9.18 Å². The first-order valence-corrected chi connectivity index (χ1v) is 9.85. The van der Waals surface area contributed by atoms with Crippen molar-refractivity contribution in [2.24, 2.45) is 5.41 Å². The summed E-state index contributed by atoms with van der Waals surface area (Å²) in [6, 6.07) is 8.07. The van der Waals surface area contributed by atoms with E-state index in [2.05, 4.69) is 12.2 Å². The Hall–Kier alpha value is -2.27. The van der Waals surface area contributed by atoms with Crippen molar-refractivity contribution < 1.29 is 19.0 Å². The number of hydrogen-bond acceptors (Lipinski definition) is 2. The zero-order chi connectivity index (χ0) is 20.5. The summed E-state index contributed by atoms with van der Waals surface area (Å²) in [6.45, 7) is 6.63. The molecule has 3 rings (SSSR count). The predicted molar refractivity (Wildman–Crippen MR) is 109 cm³/mol. The molecule has 0 saturated heterocycles. The largest absolute Gasteiger partial charge is 0.492 e. The van der Waals surface area contributed by atoms with Crippen molar-refractivity contribution in [3.63, 3.8) is 0 Å². The number of rotatable bonds is 6. The molecule has 2 aromatic carbocycles. The lowest BCUT2D eigenvalue weighted by Gasteiger charge is -2.27. The maximum absolute atomic E-state index is 14.9. The summed E-state index contributed by atoms with van der Waals surface area (Å²) in [4.78, 5) is 11.2. The number of carbonyl (C=O) groups is 1. The maximum atomic E-state index is 14.9. The van der Waals surface area contributed by atoms with Gasteiger partial charge in [0.2, 0.25) is 0 Å². The van der Waals surface area contributed by atoms with Gasteiger partial charge in [0.25, 0.3) is 0 Å². The van der Waals surface area contributed by atoms with E-state index in [4.69, 9.17) is 21.4 Å². The second kappa shape index (κ2) is 8.00. The van der Waals surface area contributed by atoms with Crippen molar-refractivity contribution in [2.45, 2.75) is 46.1 Å². The predicted octanol–water partition coefficient (Wildman–Crippen LogP) is 6.22. The van der Waals surface area contributed by atoms with E-state index in [0.29, 0.717) is 40.5 Å². The van der Waals surface area contributed by atoms with Crippen LogP contribution in [-0.4, -0.2) is 17.8 Å². The van der Waals surface area contributed by atoms with Gasteiger partial charge in [-0.25, -0.2) is 9.18 Å². The molecule has 150 valence electrons. The molecular formula is C22H25ClFNO3. The molecule has 4 nitrogen and oxygen atoms in total. The van der Waals surface area contributed by atoms with E-state index in [1.54, 1.807) is 24.3 Å². The second-order valence-corrected chi connectivity index (χ2v) is 8.33. The fraction of sp³-hybridized carbons (Fsp3) is 0.409. The molecule has 0 heterocycles. The first-order chi connectivity index (χ1) is 13.2. The van der Waals surface area contributed by atoms with E-state index in [1.165, 1.54) is 6.07 Å². The average Bonchev–Trinajstić information content (AvgIpc) is 2.85. The topological polar surface area (TPSA) is 58.6 Å². The van der Waals surface area contributed by atoms with Gasteiger partial charge >= 0.3 is 6.09 Å². The molecule has 6 heteroatoms. The number of ether oxygens (including phenoxy) is 1. The Kier molecular flexibility index (Phi) is 5.84. The number of halogens is 2. The molecule has 0 unspecified atom stereocenters. The summed E-state index contributed by atoms with van der Waals surface area (Å²) >= 11 is 6.33. The lowest BCUT2D eigenvalue weighted by Crippen LogP contribution is -2.34. The van der Waals surface area contributed by atoms with Crippen molar-refractivity contribution in [1.29, 1.82) is 0 Å². The zero-order valence-corrected chi connectivity index (χ0v) is 17.1. The van der Waals surface area contributed by atoms with Gasteiger partial charge in [0.05, 0.1) is 17.7 Å². The Bertz CT molecular complexity index is 898. The van der Waals surface area contributed by atoms with Crippen molar-refractivity contribution in [1.82, 2.24) is 5.32 Å². The first kappa shape index (κ1) is 20.5. The van der Waals surface area contributed by atoms with Gasteiger partial charge < -0.3 is 15.2 Å². The minimum Gasteiger partial charge on any atom is -0.492 e. The highest BCUT2D eigenvalue weighted by Gasteiger charge is 2.40. The SMILES string of the molecule is CCCCOc1ccc(-c2cc3c(cc2F)[C@H](NC(=O)O)C(C)(C)C3)cc1Cl. The number of fused-ring (bicyclic) bond motifs is 1. The van der Waals surface area contributed by atoms with E-state index >= 15 is 0 Å². The van der Waals surface area contributed by atoms with Crippen molar-refractivity contribution >= 4 is 17.7 Å². The first-order valence-electron chi connectivity index (χ1n) is 9.47. The summed E-state index contributed by atoms with van der Waals surface area (Å²) in [5.41, 5.74) is 2.42. The molecule has 1 aliphatic rings. The van der Waals surface area contributed by atoms with E-state index in [0.717, 1.165) is 18.4 Å². The monoisotopic (exact) mass is 405 g/mol. The highest BCUT2D eigenvalue weighted by atomic mass is 35.5. The Labute approximate surface area is 169 Å². The Morgan fingerprint density at radius 1 is 1.36 bits per heavy atom. The minimum atomic E-state index is -1.11. The molecule has 0 saturated carbocycles. The second-order valence-electron chi connectivity index (χ2n) is 7.93. The molecule has 1 atom stereocenters. The van der Waals surface area contributed by atoms with Crippen molar-refractivity contribution in [3.8, 4) is 16.9 Å². The molecule has 0 spiro atoms. The van der Waals surface area contributed by atoms with Gasteiger partial charge in [-0.2, -0.15) is 0 Å². The van der Waals surface area contributed by atoms with Crippen LogP contribution in [0.15, 0.2) is 30.3 Å². The molecule has 0 fully saturated rings. The number of benzene rings is 2. The molecule has 1 aliphatic carbocycles. The van der Waals surface area contributed by atoms with Gasteiger partial charge in [-0.05, 0) is 59.2 Å². The summed E-state index contributed by atoms with van der Waals surface area (Å²) in [6.07, 6.45) is 1.52. The third-order valence-corrected chi connectivity index (χ3v) is 5.53. The van der Waals surface area contributed by atoms with Crippen LogP contribution in [0.1, 0.15) is 50.8 Å². The number of hydrogen-bond donors (Lipinski definition) is 2. The van der Waals surface area contributed by atoms with Gasteiger partial charge in [-0.3, -0.25) is 0 Å². The molecule has 2 N–H and O–H groups in total. The van der Waals surface area contributed by atoms with Crippen LogP contribution in [0.5, 0.6) is 5.75 Å². The number of nitrogens with one attached hydrogen (secondary N) is 1. The van der Waals surface area contributed by atoms with Gasteiger partial charge in [-0.1, -0.05) is 44.9 Å². The van der Waals surface area contributed by atoms with E-state index in [1.807, 2.05) is 13.8 Å². The maximum Gasteiger partial charge on any atom is 0.405 e. The van der Waals surface area contributed by atoms with Gasteiger partial charge in [0, 0.05) is 5.56 Å². The van der Waals surface area contributed by atoms with Crippen LogP contribution in [0.4, 0.5) is 9.18 Å². The Morgan fingerprint density at radius 3 is 2.75 bits per heavy atom. The fourth-order valence-corrected chi connectivity index (χ4v) is 4.03. The van der Waals surface area contributed by atoms with E-state index < -0.39 is 18.0 Å². The van der Waals surface area contributed by atoms with Crippen LogP contribution in [0.3, 0.4) is 0 Å². The van der Waals surface area contributed by atoms with Gasteiger partial charge in [0.15, 0.2) is 0 Å². The third-order valence-electron chi connectivity index (χ3n) is 5.23.